The average molecular weight is 869 g/mol. The first-order chi connectivity index (χ1) is 33.3. The van der Waals surface area contributed by atoms with Crippen LogP contribution in [0.25, 0.3) is 72.0 Å². The minimum absolute atomic E-state index is 0.0688. The van der Waals surface area contributed by atoms with E-state index in [4.69, 9.17) is 0 Å². The van der Waals surface area contributed by atoms with E-state index in [1.807, 2.05) is 0 Å². The third-order valence-electron chi connectivity index (χ3n) is 15.7. The van der Waals surface area contributed by atoms with Gasteiger partial charge < -0.3 is 9.47 Å². The van der Waals surface area contributed by atoms with Crippen LogP contribution in [0.1, 0.15) is 58.4 Å². The van der Waals surface area contributed by atoms with Crippen molar-refractivity contribution in [3.8, 4) is 50.2 Å². The Morgan fingerprint density at radius 1 is 0.353 bits per heavy atom. The van der Waals surface area contributed by atoms with E-state index in [-0.39, 0.29) is 5.41 Å². The Labute approximate surface area is 398 Å². The molecule has 0 unspecified atom stereocenters. The van der Waals surface area contributed by atoms with E-state index in [1.165, 1.54) is 117 Å². The quantitative estimate of drug-likeness (QED) is 0.167. The first-order valence-electron chi connectivity index (χ1n) is 24.0. The zero-order chi connectivity index (χ0) is 45.5. The lowest BCUT2D eigenvalue weighted by Gasteiger charge is -2.40. The number of benzene rings is 10. The Balaban J connectivity index is 0.965. The van der Waals surface area contributed by atoms with Crippen molar-refractivity contribution in [3.63, 3.8) is 0 Å². The molecule has 1 aromatic heterocycles. The second-order valence-electron chi connectivity index (χ2n) is 19.8. The number of hydrogen-bond donors (Lipinski definition) is 0. The Hall–Kier alpha value is -8.20. The van der Waals surface area contributed by atoms with Crippen LogP contribution in [0.4, 0.5) is 17.1 Å². The van der Waals surface area contributed by atoms with Crippen molar-refractivity contribution in [1.82, 2.24) is 4.57 Å². The summed E-state index contributed by atoms with van der Waals surface area (Å²) in [6.45, 7) is 9.19. The van der Waals surface area contributed by atoms with Crippen molar-refractivity contribution < 1.29 is 0 Å². The van der Waals surface area contributed by atoms with Gasteiger partial charge in [0.25, 0.3) is 0 Å². The molecular formula is C66H48N2. The average Bonchev–Trinajstić information content (AvgIpc) is 3.94. The predicted octanol–water partition coefficient (Wildman–Crippen LogP) is 17.2. The maximum atomic E-state index is 2.56. The van der Waals surface area contributed by atoms with Gasteiger partial charge in [-0.2, -0.15) is 0 Å². The number of nitrogens with zero attached hydrogens (tertiary/aromatic N) is 2. The molecule has 0 bridgehead atoms. The Morgan fingerprint density at radius 2 is 0.926 bits per heavy atom. The highest BCUT2D eigenvalue weighted by atomic mass is 15.1. The minimum atomic E-state index is -0.510. The highest BCUT2D eigenvalue weighted by Gasteiger charge is 2.51. The number of aryl methyl sites for hydroxylation is 2. The van der Waals surface area contributed by atoms with E-state index in [2.05, 4.69) is 256 Å². The van der Waals surface area contributed by atoms with Crippen LogP contribution in [0.3, 0.4) is 0 Å². The van der Waals surface area contributed by atoms with Crippen LogP contribution < -0.4 is 4.90 Å². The number of hydrogen-bond acceptors (Lipinski definition) is 1. The topological polar surface area (TPSA) is 8.17 Å². The molecule has 2 aliphatic carbocycles. The fourth-order valence-electron chi connectivity index (χ4n) is 12.7. The third-order valence-corrected chi connectivity index (χ3v) is 15.7. The van der Waals surface area contributed by atoms with Crippen LogP contribution in [-0.2, 0) is 10.8 Å². The van der Waals surface area contributed by atoms with Gasteiger partial charge in [0.05, 0.1) is 22.1 Å². The molecule has 14 rings (SSSR count). The van der Waals surface area contributed by atoms with Crippen LogP contribution in [0.2, 0.25) is 0 Å². The van der Waals surface area contributed by atoms with Crippen LogP contribution in [0.15, 0.2) is 218 Å². The van der Waals surface area contributed by atoms with Crippen LogP contribution in [-0.4, -0.2) is 4.57 Å². The summed E-state index contributed by atoms with van der Waals surface area (Å²) >= 11 is 0. The summed E-state index contributed by atoms with van der Waals surface area (Å²) in [6, 6.07) is 82.4. The maximum absolute atomic E-state index is 2.56. The van der Waals surface area contributed by atoms with Crippen LogP contribution >= 0.6 is 0 Å². The molecule has 3 aliphatic rings. The maximum Gasteiger partial charge on any atom is 0.0754 e. The lowest BCUT2D eigenvalue weighted by molar-refractivity contribution is 0.660. The predicted molar refractivity (Wildman–Crippen MR) is 284 cm³/mol. The van der Waals surface area contributed by atoms with Gasteiger partial charge in [-0.15, -0.1) is 0 Å². The highest BCUT2D eigenvalue weighted by Crippen LogP contribution is 2.62. The van der Waals surface area contributed by atoms with E-state index >= 15 is 0 Å². The van der Waals surface area contributed by atoms with Crippen molar-refractivity contribution in [2.75, 3.05) is 4.90 Å². The molecule has 11 aromatic rings. The second kappa shape index (κ2) is 14.2. The monoisotopic (exact) mass is 868 g/mol. The lowest BCUT2D eigenvalue weighted by Crippen LogP contribution is -2.33. The van der Waals surface area contributed by atoms with E-state index < -0.39 is 5.41 Å². The molecule has 0 saturated carbocycles. The molecule has 2 heteroatoms. The van der Waals surface area contributed by atoms with Crippen LogP contribution in [0, 0.1) is 13.8 Å². The molecule has 2 heterocycles. The fourth-order valence-corrected chi connectivity index (χ4v) is 12.7. The van der Waals surface area contributed by atoms with E-state index in [0.29, 0.717) is 0 Å². The summed E-state index contributed by atoms with van der Waals surface area (Å²) in [5.41, 5.74) is 27.3. The normalized spacial score (nSPS) is 14.1. The molecule has 0 N–H and O–H groups in total. The number of rotatable bonds is 5. The molecular weight excluding hydrogens is 821 g/mol. The molecule has 0 fully saturated rings. The Bertz CT molecular complexity index is 3860. The number of fused-ring (bicyclic) bond motifs is 15. The van der Waals surface area contributed by atoms with E-state index in [1.54, 1.807) is 0 Å². The van der Waals surface area contributed by atoms with Gasteiger partial charge in [0.2, 0.25) is 0 Å². The SMILES string of the molecule is Cc1ccc2c(c1)c1cc(C)cc3c1n2-c1ccc(-c2ccc(N(c4cccc(-c5ccccc5)c4)c4ccc5c(c4)-c4ccccc4C5(C)C)cc2)cc1C31c2ccccc2-c2ccccc21. The molecule has 10 aromatic carbocycles. The smallest absolute Gasteiger partial charge is 0.0754 e. The Kier molecular flexibility index (Phi) is 8.12. The van der Waals surface area contributed by atoms with Gasteiger partial charge in [0.15, 0.2) is 0 Å². The van der Waals surface area contributed by atoms with E-state index in [9.17, 15) is 0 Å². The summed E-state index contributed by atoms with van der Waals surface area (Å²) in [5, 5.41) is 2.63. The molecule has 0 radical (unpaired) electrons. The minimum Gasteiger partial charge on any atom is -0.310 e. The molecule has 68 heavy (non-hydrogen) atoms. The number of anilines is 3. The molecule has 1 spiro atoms. The Morgan fingerprint density at radius 3 is 1.68 bits per heavy atom. The first-order valence-corrected chi connectivity index (χ1v) is 24.0. The summed E-state index contributed by atoms with van der Waals surface area (Å²) in [4.78, 5) is 2.43. The van der Waals surface area contributed by atoms with Crippen molar-refractivity contribution in [2.45, 2.75) is 38.5 Å². The van der Waals surface area contributed by atoms with E-state index in [0.717, 1.165) is 17.1 Å². The molecule has 0 amide bonds. The molecule has 2 nitrogen and oxygen atoms in total. The van der Waals surface area contributed by atoms with Crippen molar-refractivity contribution in [3.05, 3.63) is 263 Å². The van der Waals surface area contributed by atoms with Gasteiger partial charge in [0.1, 0.15) is 0 Å². The van der Waals surface area contributed by atoms with Gasteiger partial charge in [-0.3, -0.25) is 0 Å². The zero-order valence-corrected chi connectivity index (χ0v) is 38.7. The summed E-state index contributed by atoms with van der Waals surface area (Å²) in [5.74, 6) is 0. The van der Waals surface area contributed by atoms with Gasteiger partial charge in [-0.05, 0) is 158 Å². The van der Waals surface area contributed by atoms with Gasteiger partial charge in [-0.25, -0.2) is 0 Å². The summed E-state index contributed by atoms with van der Waals surface area (Å²) in [6.07, 6.45) is 0. The summed E-state index contributed by atoms with van der Waals surface area (Å²) in [7, 11) is 0. The summed E-state index contributed by atoms with van der Waals surface area (Å²) < 4.78 is 2.56. The van der Waals surface area contributed by atoms with Crippen molar-refractivity contribution in [2.24, 2.45) is 0 Å². The first kappa shape index (κ1) is 39.0. The van der Waals surface area contributed by atoms with Gasteiger partial charge >= 0.3 is 0 Å². The number of aromatic nitrogens is 1. The zero-order valence-electron chi connectivity index (χ0n) is 38.7. The van der Waals surface area contributed by atoms with Crippen LogP contribution in [0.5, 0.6) is 0 Å². The molecule has 322 valence electrons. The third kappa shape index (κ3) is 5.29. The largest absolute Gasteiger partial charge is 0.310 e. The van der Waals surface area contributed by atoms with Gasteiger partial charge in [-0.1, -0.05) is 177 Å². The van der Waals surface area contributed by atoms with Crippen molar-refractivity contribution in [1.29, 1.82) is 0 Å². The highest BCUT2D eigenvalue weighted by molar-refractivity contribution is 6.13. The van der Waals surface area contributed by atoms with Crippen molar-refractivity contribution >= 4 is 38.9 Å². The second-order valence-corrected chi connectivity index (χ2v) is 19.8. The molecule has 0 saturated heterocycles. The molecule has 0 atom stereocenters. The fraction of sp³-hybridized carbons (Fsp3) is 0.0909. The standard InChI is InChI=1S/C66H48N2/c1-41-25-33-62-54(35-41)55-36-42(2)37-61-64(55)68(62)63-34-28-46(39-60(63)66(61)58-23-12-9-19-50(58)51-20-10-13-24-59(51)66)44-26-29-47(30-27-44)67(48-18-14-17-45(38-48)43-15-6-5-7-16-43)49-31-32-57-53(40-49)52-21-8-11-22-56(52)65(57,3)4/h5-40H,1-4H3. The molecule has 1 aliphatic heterocycles. The van der Waals surface area contributed by atoms with Gasteiger partial charge in [0, 0.05) is 33.2 Å². The lowest BCUT2D eigenvalue weighted by atomic mass is 9.65.